The van der Waals surface area contributed by atoms with Gasteiger partial charge in [-0.3, -0.25) is 4.98 Å². The lowest BCUT2D eigenvalue weighted by molar-refractivity contribution is 0.585. The molecule has 17 heavy (non-hydrogen) atoms. The molecule has 0 spiro atoms. The Morgan fingerprint density at radius 2 is 1.94 bits per heavy atom. The molecule has 0 amide bonds. The Morgan fingerprint density at radius 1 is 1.18 bits per heavy atom. The van der Waals surface area contributed by atoms with Crippen molar-refractivity contribution in [2.24, 2.45) is 0 Å². The minimum absolute atomic E-state index is 0.0865. The van der Waals surface area contributed by atoms with Gasteiger partial charge in [-0.25, -0.2) is 4.39 Å². The Balaban J connectivity index is 2.44. The number of halogens is 2. The quantitative estimate of drug-likeness (QED) is 0.754. The molecule has 3 heteroatoms. The maximum atomic E-state index is 13.8. The third-order valence-electron chi connectivity index (χ3n) is 2.57. The molecule has 0 aliphatic heterocycles. The fourth-order valence-electron chi connectivity index (χ4n) is 1.70. The van der Waals surface area contributed by atoms with Crippen molar-refractivity contribution in [2.45, 2.75) is 19.8 Å². The first-order chi connectivity index (χ1) is 8.08. The maximum absolute atomic E-state index is 13.8. The predicted octanol–water partition coefficient (Wildman–Crippen LogP) is 4.66. The molecule has 0 fully saturated rings. The van der Waals surface area contributed by atoms with E-state index >= 15 is 0 Å². The van der Waals surface area contributed by atoms with Gasteiger partial charge in [-0.1, -0.05) is 37.6 Å². The fraction of sp³-hybridized carbons (Fsp3) is 0.214. The van der Waals surface area contributed by atoms with E-state index in [1.807, 2.05) is 26.0 Å². The number of pyridine rings is 1. The number of hydrogen-bond acceptors (Lipinski definition) is 1. The minimum Gasteiger partial charge on any atom is -0.257 e. The van der Waals surface area contributed by atoms with Gasteiger partial charge in [-0.2, -0.15) is 0 Å². The highest BCUT2D eigenvalue weighted by molar-refractivity contribution is 6.30. The van der Waals surface area contributed by atoms with Crippen LogP contribution in [0.5, 0.6) is 0 Å². The maximum Gasteiger partial charge on any atom is 0.145 e. The number of benzene rings is 1. The monoisotopic (exact) mass is 249 g/mol. The molecule has 0 aliphatic carbocycles. The van der Waals surface area contributed by atoms with Crippen molar-refractivity contribution in [1.29, 1.82) is 0 Å². The highest BCUT2D eigenvalue weighted by Gasteiger charge is 2.09. The summed E-state index contributed by atoms with van der Waals surface area (Å²) in [4.78, 5) is 4.17. The van der Waals surface area contributed by atoms with Crippen molar-refractivity contribution in [3.05, 3.63) is 53.1 Å². The van der Waals surface area contributed by atoms with E-state index in [1.54, 1.807) is 18.3 Å². The van der Waals surface area contributed by atoms with Crippen LogP contribution in [-0.4, -0.2) is 4.98 Å². The highest BCUT2D eigenvalue weighted by atomic mass is 35.5. The van der Waals surface area contributed by atoms with Gasteiger partial charge in [0.05, 0.1) is 5.69 Å². The van der Waals surface area contributed by atoms with E-state index in [2.05, 4.69) is 4.98 Å². The largest absolute Gasteiger partial charge is 0.257 e. The molecule has 2 rings (SSSR count). The summed E-state index contributed by atoms with van der Waals surface area (Å²) in [5.41, 5.74) is 2.12. The van der Waals surface area contributed by atoms with Crippen LogP contribution >= 0.6 is 11.6 Å². The Morgan fingerprint density at radius 3 is 2.53 bits per heavy atom. The van der Waals surface area contributed by atoms with Crippen molar-refractivity contribution in [2.75, 3.05) is 0 Å². The fourth-order valence-corrected chi connectivity index (χ4v) is 1.89. The molecule has 0 saturated carbocycles. The van der Waals surface area contributed by atoms with Gasteiger partial charge in [0.25, 0.3) is 0 Å². The molecule has 0 radical (unpaired) electrons. The van der Waals surface area contributed by atoms with Crippen molar-refractivity contribution in [3.63, 3.8) is 0 Å². The normalized spacial score (nSPS) is 10.9. The van der Waals surface area contributed by atoms with Crippen LogP contribution < -0.4 is 0 Å². The topological polar surface area (TPSA) is 12.9 Å². The first kappa shape index (κ1) is 12.1. The molecule has 0 bridgehead atoms. The van der Waals surface area contributed by atoms with Crippen molar-refractivity contribution in [1.82, 2.24) is 4.98 Å². The van der Waals surface area contributed by atoms with Gasteiger partial charge in [0.15, 0.2) is 0 Å². The summed E-state index contributed by atoms with van der Waals surface area (Å²) in [6, 6.07) is 8.82. The van der Waals surface area contributed by atoms with Crippen LogP contribution in [0.3, 0.4) is 0 Å². The number of nitrogens with zero attached hydrogens (tertiary/aromatic N) is 1. The second-order valence-electron chi connectivity index (χ2n) is 4.26. The molecule has 1 nitrogen and oxygen atoms in total. The molecular weight excluding hydrogens is 237 g/mol. The van der Waals surface area contributed by atoms with Gasteiger partial charge in [-0.05, 0) is 29.7 Å². The number of rotatable bonds is 2. The van der Waals surface area contributed by atoms with E-state index in [-0.39, 0.29) is 11.7 Å². The summed E-state index contributed by atoms with van der Waals surface area (Å²) >= 11 is 5.90. The molecule has 1 aromatic carbocycles. The standard InChI is InChI=1S/C14H13ClFN/c1-9(2)14-13(16)7-11(8-17-14)10-4-3-5-12(15)6-10/h3-9H,1-2H3. The number of hydrogen-bond donors (Lipinski definition) is 0. The van der Waals surface area contributed by atoms with Crippen LogP contribution in [0.25, 0.3) is 11.1 Å². The smallest absolute Gasteiger partial charge is 0.145 e. The van der Waals surface area contributed by atoms with Crippen LogP contribution in [0.2, 0.25) is 5.02 Å². The molecule has 0 aliphatic rings. The molecule has 0 atom stereocenters. The lowest BCUT2D eigenvalue weighted by Gasteiger charge is -2.08. The zero-order valence-corrected chi connectivity index (χ0v) is 10.5. The van der Waals surface area contributed by atoms with Crippen LogP contribution in [0.15, 0.2) is 36.5 Å². The SMILES string of the molecule is CC(C)c1ncc(-c2cccc(Cl)c2)cc1F. The third kappa shape index (κ3) is 2.64. The molecule has 1 aromatic heterocycles. The summed E-state index contributed by atoms with van der Waals surface area (Å²) in [7, 11) is 0. The predicted molar refractivity (Wildman–Crippen MR) is 68.7 cm³/mol. The average molecular weight is 250 g/mol. The van der Waals surface area contributed by atoms with E-state index in [1.165, 1.54) is 6.07 Å². The van der Waals surface area contributed by atoms with Crippen molar-refractivity contribution >= 4 is 11.6 Å². The lowest BCUT2D eigenvalue weighted by atomic mass is 10.0. The van der Waals surface area contributed by atoms with Crippen LogP contribution in [0.4, 0.5) is 4.39 Å². The van der Waals surface area contributed by atoms with Gasteiger partial charge < -0.3 is 0 Å². The van der Waals surface area contributed by atoms with E-state index < -0.39 is 0 Å². The second-order valence-corrected chi connectivity index (χ2v) is 4.69. The first-order valence-corrected chi connectivity index (χ1v) is 5.87. The molecule has 1 heterocycles. The Hall–Kier alpha value is -1.41. The minimum atomic E-state index is -0.266. The first-order valence-electron chi connectivity index (χ1n) is 5.49. The summed E-state index contributed by atoms with van der Waals surface area (Å²) in [6.07, 6.45) is 1.68. The Kier molecular flexibility index (Phi) is 3.43. The Bertz CT molecular complexity index is 537. The van der Waals surface area contributed by atoms with Gasteiger partial charge in [0.2, 0.25) is 0 Å². The van der Waals surface area contributed by atoms with Crippen LogP contribution in [-0.2, 0) is 0 Å². The van der Waals surface area contributed by atoms with Gasteiger partial charge in [-0.15, -0.1) is 0 Å². The Labute approximate surface area is 105 Å². The van der Waals surface area contributed by atoms with Crippen molar-refractivity contribution < 1.29 is 4.39 Å². The molecule has 0 saturated heterocycles. The molecule has 2 aromatic rings. The average Bonchev–Trinajstić information content (AvgIpc) is 2.28. The number of aromatic nitrogens is 1. The molecule has 0 N–H and O–H groups in total. The summed E-state index contributed by atoms with van der Waals surface area (Å²) in [5, 5.41) is 0.635. The zero-order valence-electron chi connectivity index (χ0n) is 9.74. The summed E-state index contributed by atoms with van der Waals surface area (Å²) < 4.78 is 13.8. The van der Waals surface area contributed by atoms with E-state index in [0.717, 1.165) is 11.1 Å². The third-order valence-corrected chi connectivity index (χ3v) is 2.81. The van der Waals surface area contributed by atoms with E-state index in [4.69, 9.17) is 11.6 Å². The van der Waals surface area contributed by atoms with Crippen LogP contribution in [0, 0.1) is 5.82 Å². The van der Waals surface area contributed by atoms with Gasteiger partial charge in [0, 0.05) is 16.8 Å². The summed E-state index contributed by atoms with van der Waals surface area (Å²) in [5.74, 6) is -0.180. The highest BCUT2D eigenvalue weighted by Crippen LogP contribution is 2.25. The molecule has 88 valence electrons. The molecule has 0 unspecified atom stereocenters. The van der Waals surface area contributed by atoms with Gasteiger partial charge in [0.1, 0.15) is 5.82 Å². The van der Waals surface area contributed by atoms with E-state index in [0.29, 0.717) is 10.7 Å². The van der Waals surface area contributed by atoms with Gasteiger partial charge >= 0.3 is 0 Å². The molecular formula is C14H13ClFN. The second kappa shape index (κ2) is 4.84. The zero-order chi connectivity index (χ0) is 12.4. The van der Waals surface area contributed by atoms with Crippen LogP contribution in [0.1, 0.15) is 25.5 Å². The summed E-state index contributed by atoms with van der Waals surface area (Å²) in [6.45, 7) is 3.84. The van der Waals surface area contributed by atoms with Crippen molar-refractivity contribution in [3.8, 4) is 11.1 Å². The van der Waals surface area contributed by atoms with E-state index in [9.17, 15) is 4.39 Å². The lowest BCUT2D eigenvalue weighted by Crippen LogP contribution is -1.97.